The van der Waals surface area contributed by atoms with E-state index in [-0.39, 0.29) is 5.48 Å². The Morgan fingerprint density at radius 2 is 0.486 bits per heavy atom. The predicted molar refractivity (Wildman–Crippen MR) is 162 cm³/mol. The van der Waals surface area contributed by atoms with Gasteiger partial charge in [-0.05, 0) is 121 Å². The highest BCUT2D eigenvalue weighted by molar-refractivity contribution is 5.83. The minimum Gasteiger partial charge on any atom is -0.412 e. The summed E-state index contributed by atoms with van der Waals surface area (Å²) in [6, 6.07) is 15.4. The number of aryl methyl sites for hydroxylation is 4. The Bertz CT molecular complexity index is 1150. The second-order valence-electron chi connectivity index (χ2n) is 9.18. The van der Waals surface area contributed by atoms with Crippen molar-refractivity contribution in [1.82, 2.24) is 0 Å². The third-order valence-corrected chi connectivity index (χ3v) is 6.34. The van der Waals surface area contributed by atoms with E-state index in [2.05, 4.69) is 0 Å². The van der Waals surface area contributed by atoms with Gasteiger partial charge < -0.3 is 51.3 Å². The van der Waals surface area contributed by atoms with Gasteiger partial charge in [0.15, 0.2) is 0 Å². The number of anilines is 8. The molecule has 4 aromatic carbocycles. The highest BCUT2D eigenvalue weighted by atomic mass is 16.0. The zero-order chi connectivity index (χ0) is 26.9. The van der Waals surface area contributed by atoms with Crippen molar-refractivity contribution in [3.8, 4) is 22.3 Å². The van der Waals surface area contributed by atoms with Gasteiger partial charge >= 0.3 is 0 Å². The summed E-state index contributed by atoms with van der Waals surface area (Å²) < 4.78 is 0. The SMILES string of the molecule is Cc1cc(-c2cc(C)c(N)c(N)c2)cc(N)c1N.Cc1cc(-c2cc(C)c(N)c(N)c2)cc(N)c1N.O. The molecule has 0 fully saturated rings. The maximum absolute atomic E-state index is 5.88. The summed E-state index contributed by atoms with van der Waals surface area (Å²) in [5.74, 6) is 0. The molecular weight excluding hydrogens is 464 g/mol. The van der Waals surface area contributed by atoms with E-state index in [1.807, 2.05) is 76.2 Å². The van der Waals surface area contributed by atoms with Gasteiger partial charge in [-0.15, -0.1) is 0 Å². The van der Waals surface area contributed by atoms with E-state index in [1.165, 1.54) is 0 Å². The van der Waals surface area contributed by atoms with E-state index in [9.17, 15) is 0 Å². The molecule has 0 atom stereocenters. The minimum atomic E-state index is 0. The first kappa shape index (κ1) is 28.5. The summed E-state index contributed by atoms with van der Waals surface area (Å²) >= 11 is 0. The van der Waals surface area contributed by atoms with Crippen molar-refractivity contribution >= 4 is 45.5 Å². The second kappa shape index (κ2) is 10.9. The van der Waals surface area contributed by atoms with Crippen LogP contribution in [-0.2, 0) is 0 Å². The molecule has 4 rings (SSSR count). The molecule has 196 valence electrons. The third kappa shape index (κ3) is 5.91. The molecule has 9 nitrogen and oxygen atoms in total. The molecule has 0 saturated carbocycles. The molecule has 0 aliphatic rings. The van der Waals surface area contributed by atoms with Crippen LogP contribution in [0.25, 0.3) is 22.3 Å². The molecule has 0 bridgehead atoms. The van der Waals surface area contributed by atoms with E-state index in [1.54, 1.807) is 0 Å². The average molecular weight is 503 g/mol. The van der Waals surface area contributed by atoms with Gasteiger partial charge in [0.05, 0.1) is 45.5 Å². The zero-order valence-corrected chi connectivity index (χ0v) is 21.7. The zero-order valence-electron chi connectivity index (χ0n) is 21.7. The highest BCUT2D eigenvalue weighted by Crippen LogP contribution is 2.34. The highest BCUT2D eigenvalue weighted by Gasteiger charge is 2.09. The number of hydrogen-bond donors (Lipinski definition) is 8. The van der Waals surface area contributed by atoms with Gasteiger partial charge in [0, 0.05) is 0 Å². The lowest BCUT2D eigenvalue weighted by Gasteiger charge is -2.12. The van der Waals surface area contributed by atoms with Gasteiger partial charge in [-0.1, -0.05) is 0 Å². The lowest BCUT2D eigenvalue weighted by molar-refractivity contribution is 0.824. The molecule has 0 unspecified atom stereocenters. The summed E-state index contributed by atoms with van der Waals surface area (Å²) in [5, 5.41) is 0. The van der Waals surface area contributed by atoms with Crippen LogP contribution in [0, 0.1) is 27.7 Å². The Hall–Kier alpha value is -4.76. The van der Waals surface area contributed by atoms with Crippen molar-refractivity contribution < 1.29 is 5.48 Å². The van der Waals surface area contributed by atoms with Crippen LogP contribution < -0.4 is 45.9 Å². The van der Waals surface area contributed by atoms with Crippen molar-refractivity contribution in [2.75, 3.05) is 45.9 Å². The summed E-state index contributed by atoms with van der Waals surface area (Å²) in [4.78, 5) is 0. The number of benzene rings is 4. The Morgan fingerprint density at radius 1 is 0.324 bits per heavy atom. The fraction of sp³-hybridized carbons (Fsp3) is 0.143. The van der Waals surface area contributed by atoms with Gasteiger partial charge in [0.25, 0.3) is 0 Å². The van der Waals surface area contributed by atoms with Crippen molar-refractivity contribution in [3.63, 3.8) is 0 Å². The normalized spacial score (nSPS) is 10.3. The lowest BCUT2D eigenvalue weighted by Crippen LogP contribution is -2.00. The molecule has 18 N–H and O–H groups in total. The van der Waals surface area contributed by atoms with E-state index in [0.717, 1.165) is 44.5 Å². The molecule has 37 heavy (non-hydrogen) atoms. The average Bonchev–Trinajstić information content (AvgIpc) is 2.82. The molecule has 0 amide bonds. The van der Waals surface area contributed by atoms with Crippen molar-refractivity contribution in [3.05, 3.63) is 70.8 Å². The largest absolute Gasteiger partial charge is 0.412 e. The standard InChI is InChI=1S/2C14H18N4.H2O/c2*1-7-3-9(5-11(15)13(7)17)10-4-8(2)14(18)12(16)6-10;/h2*3-6H,15-18H2,1-2H3;1H2. The molecule has 0 aliphatic heterocycles. The maximum atomic E-state index is 5.88. The van der Waals surface area contributed by atoms with Crippen LogP contribution in [0.5, 0.6) is 0 Å². The summed E-state index contributed by atoms with van der Waals surface area (Å²) in [6.45, 7) is 7.73. The maximum Gasteiger partial charge on any atom is 0.0577 e. The topological polar surface area (TPSA) is 240 Å². The van der Waals surface area contributed by atoms with Gasteiger partial charge in [-0.25, -0.2) is 0 Å². The first-order valence-electron chi connectivity index (χ1n) is 11.4. The molecule has 4 aromatic rings. The van der Waals surface area contributed by atoms with Gasteiger partial charge in [0.1, 0.15) is 0 Å². The second-order valence-corrected chi connectivity index (χ2v) is 9.18. The summed E-state index contributed by atoms with van der Waals surface area (Å²) in [5.41, 5.74) is 59.5. The van der Waals surface area contributed by atoms with E-state index >= 15 is 0 Å². The van der Waals surface area contributed by atoms with E-state index in [4.69, 9.17) is 45.9 Å². The Morgan fingerprint density at radius 3 is 0.622 bits per heavy atom. The minimum absolute atomic E-state index is 0. The predicted octanol–water partition coefficient (Wildman–Crippen LogP) is 3.77. The first-order valence-corrected chi connectivity index (χ1v) is 11.4. The molecule has 0 saturated heterocycles. The van der Waals surface area contributed by atoms with E-state index in [0.29, 0.717) is 45.5 Å². The Labute approximate surface area is 217 Å². The Kier molecular flexibility index (Phi) is 8.37. The van der Waals surface area contributed by atoms with Crippen LogP contribution in [0.3, 0.4) is 0 Å². The van der Waals surface area contributed by atoms with E-state index < -0.39 is 0 Å². The van der Waals surface area contributed by atoms with Crippen LogP contribution in [0.1, 0.15) is 22.3 Å². The lowest BCUT2D eigenvalue weighted by atomic mass is 9.98. The molecular formula is C28H38N8O. The Balaban J connectivity index is 0.000000253. The van der Waals surface area contributed by atoms with Crippen molar-refractivity contribution in [2.24, 2.45) is 0 Å². The third-order valence-electron chi connectivity index (χ3n) is 6.34. The van der Waals surface area contributed by atoms with Crippen LogP contribution >= 0.6 is 0 Å². The van der Waals surface area contributed by atoms with Crippen LogP contribution in [-0.4, -0.2) is 5.48 Å². The molecule has 9 heteroatoms. The number of rotatable bonds is 2. The van der Waals surface area contributed by atoms with Crippen molar-refractivity contribution in [1.29, 1.82) is 0 Å². The molecule has 0 aromatic heterocycles. The smallest absolute Gasteiger partial charge is 0.0577 e. The molecule has 0 heterocycles. The summed E-state index contributed by atoms with van der Waals surface area (Å²) in [7, 11) is 0. The quantitative estimate of drug-likeness (QED) is 0.187. The monoisotopic (exact) mass is 502 g/mol. The molecule has 0 aliphatic carbocycles. The molecule has 0 spiro atoms. The van der Waals surface area contributed by atoms with Gasteiger partial charge in [0.2, 0.25) is 0 Å². The van der Waals surface area contributed by atoms with Crippen LogP contribution in [0.4, 0.5) is 45.5 Å². The fourth-order valence-electron chi connectivity index (χ4n) is 3.97. The number of hydrogen-bond acceptors (Lipinski definition) is 8. The number of nitrogen functional groups attached to an aromatic ring is 8. The van der Waals surface area contributed by atoms with Crippen LogP contribution in [0.15, 0.2) is 48.5 Å². The van der Waals surface area contributed by atoms with Crippen molar-refractivity contribution in [2.45, 2.75) is 27.7 Å². The fourth-order valence-corrected chi connectivity index (χ4v) is 3.97. The molecule has 0 radical (unpaired) electrons. The van der Waals surface area contributed by atoms with Crippen LogP contribution in [0.2, 0.25) is 0 Å². The van der Waals surface area contributed by atoms with Gasteiger partial charge in [-0.2, -0.15) is 0 Å². The van der Waals surface area contributed by atoms with Gasteiger partial charge in [-0.3, -0.25) is 0 Å². The number of nitrogens with two attached hydrogens (primary N) is 8. The summed E-state index contributed by atoms with van der Waals surface area (Å²) in [6.07, 6.45) is 0. The first-order chi connectivity index (χ1) is 16.8.